The highest BCUT2D eigenvalue weighted by atomic mass is 16.5. The molecule has 1 saturated heterocycles. The lowest BCUT2D eigenvalue weighted by molar-refractivity contribution is -0.135. The van der Waals surface area contributed by atoms with Crippen LogP contribution in [0.15, 0.2) is 48.7 Å². The van der Waals surface area contributed by atoms with E-state index < -0.39 is 12.1 Å². The van der Waals surface area contributed by atoms with Gasteiger partial charge in [0.25, 0.3) is 0 Å². The minimum absolute atomic E-state index is 0.0526. The van der Waals surface area contributed by atoms with Crippen LogP contribution in [0.25, 0.3) is 33.1 Å². The third kappa shape index (κ3) is 7.46. The van der Waals surface area contributed by atoms with Crippen molar-refractivity contribution in [1.29, 1.82) is 0 Å². The van der Waals surface area contributed by atoms with Gasteiger partial charge in [0, 0.05) is 53.4 Å². The lowest BCUT2D eigenvalue weighted by Gasteiger charge is -2.30. The molecule has 8 rings (SSSR count). The van der Waals surface area contributed by atoms with Gasteiger partial charge in [0.1, 0.15) is 29.2 Å². The molecule has 2 fully saturated rings. The molecule has 2 aromatic heterocycles. The normalized spacial score (nSPS) is 18.1. The summed E-state index contributed by atoms with van der Waals surface area (Å²) in [6.45, 7) is 9.51. The van der Waals surface area contributed by atoms with Gasteiger partial charge in [0.2, 0.25) is 11.8 Å². The molecule has 12 heteroatoms. The zero-order valence-corrected chi connectivity index (χ0v) is 33.8. The Morgan fingerprint density at radius 2 is 1.84 bits per heavy atom. The number of alkyl carbamates (subject to hydrolysis) is 1. The standard InChI is InChI=1S/C45H55N7O5/c1-6-26(3)21-39(53)46-19-9-8-12-38-47-25-34(48-38)29-13-15-31-36(23-29)57-37-22-28-14-16-33-41(30(28)24-32(37)45(31)17-18-45)50-42(49-33)35-11-10-20-52(35)43(54)40(27(4)7-2)51-44(55)56-5/h13-16,22-27,35,40H,6-12,17-21H2,1-5H3,(H,46,53)(H,47,48)(H,49,50)(H,51,55). The Morgan fingerprint density at radius 3 is 2.61 bits per heavy atom. The highest BCUT2D eigenvalue weighted by molar-refractivity contribution is 6.05. The molecule has 4 atom stereocenters. The second-order valence-corrected chi connectivity index (χ2v) is 16.5. The number of H-pyrrole nitrogens is 2. The van der Waals surface area contributed by atoms with Crippen LogP contribution in [0.5, 0.6) is 11.5 Å². The smallest absolute Gasteiger partial charge is 0.407 e. The Labute approximate surface area is 333 Å². The van der Waals surface area contributed by atoms with Gasteiger partial charge in [-0.25, -0.2) is 14.8 Å². The first kappa shape index (κ1) is 38.5. The van der Waals surface area contributed by atoms with E-state index in [4.69, 9.17) is 14.5 Å². The number of carbonyl (C=O) groups is 3. The number of hydrogen-bond donors (Lipinski definition) is 4. The number of amides is 3. The van der Waals surface area contributed by atoms with Crippen LogP contribution < -0.4 is 15.4 Å². The van der Waals surface area contributed by atoms with E-state index in [1.165, 1.54) is 18.2 Å². The van der Waals surface area contributed by atoms with Crippen molar-refractivity contribution in [3.8, 4) is 22.8 Å². The largest absolute Gasteiger partial charge is 0.457 e. The van der Waals surface area contributed by atoms with Gasteiger partial charge in [-0.1, -0.05) is 58.7 Å². The number of aryl methyl sites for hydroxylation is 1. The second kappa shape index (κ2) is 15.9. The molecule has 0 radical (unpaired) electrons. The summed E-state index contributed by atoms with van der Waals surface area (Å²) in [6, 6.07) is 14.2. The van der Waals surface area contributed by atoms with E-state index in [1.54, 1.807) is 0 Å². The van der Waals surface area contributed by atoms with Gasteiger partial charge in [0.05, 0.1) is 36.1 Å². The maximum Gasteiger partial charge on any atom is 0.407 e. The van der Waals surface area contributed by atoms with Crippen molar-refractivity contribution in [3.05, 3.63) is 71.4 Å². The molecule has 4 unspecified atom stereocenters. The fourth-order valence-corrected chi connectivity index (χ4v) is 8.73. The van der Waals surface area contributed by atoms with Gasteiger partial charge in [-0.05, 0) is 80.0 Å². The summed E-state index contributed by atoms with van der Waals surface area (Å²) in [6.07, 6.45) is 10.1. The number of likely N-dealkylation sites (tertiary alicyclic amines) is 1. The summed E-state index contributed by atoms with van der Waals surface area (Å²) in [4.78, 5) is 57.0. The Morgan fingerprint density at radius 1 is 1.02 bits per heavy atom. The molecular weight excluding hydrogens is 719 g/mol. The van der Waals surface area contributed by atoms with E-state index in [0.29, 0.717) is 25.4 Å². The van der Waals surface area contributed by atoms with Crippen LogP contribution in [-0.4, -0.2) is 69.0 Å². The zero-order chi connectivity index (χ0) is 39.8. The van der Waals surface area contributed by atoms with Crippen LogP contribution >= 0.6 is 0 Å². The number of fused-ring (bicyclic) bond motifs is 7. The van der Waals surface area contributed by atoms with E-state index in [2.05, 4.69) is 81.9 Å². The van der Waals surface area contributed by atoms with Gasteiger partial charge < -0.3 is 35.0 Å². The maximum absolute atomic E-state index is 13.9. The van der Waals surface area contributed by atoms with E-state index in [0.717, 1.165) is 114 Å². The van der Waals surface area contributed by atoms with Gasteiger partial charge in [0.15, 0.2) is 0 Å². The number of nitrogens with one attached hydrogen (secondary N) is 4. The first-order valence-corrected chi connectivity index (χ1v) is 20.9. The lowest BCUT2D eigenvalue weighted by atomic mass is 9.83. The number of methoxy groups -OCH3 is 1. The zero-order valence-electron chi connectivity index (χ0n) is 33.8. The topological polar surface area (TPSA) is 154 Å². The Bertz CT molecular complexity index is 2310. The number of imidazole rings is 2. The summed E-state index contributed by atoms with van der Waals surface area (Å²) < 4.78 is 11.6. The molecule has 2 aliphatic heterocycles. The average molecular weight is 774 g/mol. The summed E-state index contributed by atoms with van der Waals surface area (Å²) >= 11 is 0. The van der Waals surface area contributed by atoms with Crippen molar-refractivity contribution < 1.29 is 23.9 Å². The molecule has 3 amide bonds. The minimum Gasteiger partial charge on any atom is -0.457 e. The van der Waals surface area contributed by atoms with E-state index in [1.807, 2.05) is 24.9 Å². The van der Waals surface area contributed by atoms with E-state index in [-0.39, 0.29) is 29.2 Å². The van der Waals surface area contributed by atoms with Crippen molar-refractivity contribution in [2.24, 2.45) is 11.8 Å². The number of nitrogens with zero attached hydrogens (tertiary/aromatic N) is 3. The fourth-order valence-electron chi connectivity index (χ4n) is 8.73. The third-order valence-corrected chi connectivity index (χ3v) is 12.7. The van der Waals surface area contributed by atoms with Crippen molar-refractivity contribution in [3.63, 3.8) is 0 Å². The Hall–Kier alpha value is -5.39. The lowest BCUT2D eigenvalue weighted by Crippen LogP contribution is -2.51. The van der Waals surface area contributed by atoms with Crippen LogP contribution in [0, 0.1) is 11.8 Å². The molecular formula is C45H55N7O5. The quantitative estimate of drug-likeness (QED) is 0.0825. The highest BCUT2D eigenvalue weighted by Crippen LogP contribution is 2.62. The van der Waals surface area contributed by atoms with Crippen LogP contribution in [0.4, 0.5) is 4.79 Å². The summed E-state index contributed by atoms with van der Waals surface area (Å²) in [5.41, 5.74) is 6.10. The molecule has 3 aromatic carbocycles. The molecule has 3 aliphatic rings. The number of hydrogen-bond acceptors (Lipinski definition) is 7. The average Bonchev–Trinajstić information content (AvgIpc) is 3.54. The van der Waals surface area contributed by atoms with Crippen molar-refractivity contribution >= 4 is 39.7 Å². The van der Waals surface area contributed by atoms with Gasteiger partial charge in [-0.15, -0.1) is 0 Å². The predicted molar refractivity (Wildman–Crippen MR) is 220 cm³/mol. The van der Waals surface area contributed by atoms with Gasteiger partial charge >= 0.3 is 6.09 Å². The SMILES string of the molecule is CCC(C)CC(=O)NCCCCc1ncc(-c2ccc3c(c2)Oc2cc4ccc5[nH]c(C6CCCN6C(=O)C(NC(=O)OC)C(C)CC)nc5c4cc2C32CC2)[nH]1. The van der Waals surface area contributed by atoms with Gasteiger partial charge in [-0.2, -0.15) is 0 Å². The summed E-state index contributed by atoms with van der Waals surface area (Å²) in [7, 11) is 1.32. The molecule has 5 aromatic rings. The monoisotopic (exact) mass is 773 g/mol. The third-order valence-electron chi connectivity index (χ3n) is 12.7. The first-order valence-electron chi connectivity index (χ1n) is 20.9. The Kier molecular flexibility index (Phi) is 10.7. The molecule has 300 valence electrons. The molecule has 1 spiro atoms. The van der Waals surface area contributed by atoms with E-state index in [9.17, 15) is 14.4 Å². The summed E-state index contributed by atoms with van der Waals surface area (Å²) in [5, 5.41) is 7.94. The number of ether oxygens (including phenoxy) is 2. The molecule has 0 bridgehead atoms. The van der Waals surface area contributed by atoms with Crippen molar-refractivity contribution in [1.82, 2.24) is 35.5 Å². The number of aromatic amines is 2. The van der Waals surface area contributed by atoms with Crippen LogP contribution in [0.3, 0.4) is 0 Å². The first-order chi connectivity index (χ1) is 27.6. The molecule has 12 nitrogen and oxygen atoms in total. The Balaban J connectivity index is 0.995. The summed E-state index contributed by atoms with van der Waals surface area (Å²) in [5.74, 6) is 3.86. The number of benzene rings is 3. The number of rotatable bonds is 14. The minimum atomic E-state index is -0.674. The fraction of sp³-hybridized carbons (Fsp3) is 0.489. The molecule has 57 heavy (non-hydrogen) atoms. The molecule has 1 saturated carbocycles. The number of unbranched alkanes of at least 4 members (excludes halogenated alkanes) is 1. The number of carbonyl (C=O) groups excluding carboxylic acids is 3. The highest BCUT2D eigenvalue weighted by Gasteiger charge is 2.52. The van der Waals surface area contributed by atoms with E-state index >= 15 is 0 Å². The maximum atomic E-state index is 13.9. The molecule has 1 aliphatic carbocycles. The van der Waals surface area contributed by atoms with Crippen molar-refractivity contribution in [2.75, 3.05) is 20.2 Å². The van der Waals surface area contributed by atoms with Crippen molar-refractivity contribution in [2.45, 2.75) is 109 Å². The molecule has 4 N–H and O–H groups in total. The van der Waals surface area contributed by atoms with Crippen LogP contribution in [0.1, 0.15) is 114 Å². The van der Waals surface area contributed by atoms with Crippen LogP contribution in [-0.2, 0) is 26.2 Å². The number of aromatic nitrogens is 4. The molecule has 4 heterocycles. The predicted octanol–water partition coefficient (Wildman–Crippen LogP) is 8.60. The van der Waals surface area contributed by atoms with Gasteiger partial charge in [-0.3, -0.25) is 9.59 Å². The van der Waals surface area contributed by atoms with Crippen LogP contribution in [0.2, 0.25) is 0 Å². The second-order valence-electron chi connectivity index (χ2n) is 16.5.